The van der Waals surface area contributed by atoms with Gasteiger partial charge in [-0.05, 0) is 55.4 Å². The van der Waals surface area contributed by atoms with Crippen molar-refractivity contribution in [3.05, 3.63) is 52.5 Å². The number of nitrogens with zero attached hydrogens (tertiary/aromatic N) is 2. The topological polar surface area (TPSA) is 73.9 Å². The molecule has 1 saturated heterocycles. The quantitative estimate of drug-likeness (QED) is 0.593. The van der Waals surface area contributed by atoms with Crippen LogP contribution in [0.2, 0.25) is 5.02 Å². The summed E-state index contributed by atoms with van der Waals surface area (Å²) in [6, 6.07) is 10.9. The first-order valence-corrected chi connectivity index (χ1v) is 11.7. The number of rotatable bonds is 6. The predicted molar refractivity (Wildman–Crippen MR) is 137 cm³/mol. The van der Waals surface area contributed by atoms with Gasteiger partial charge >= 0.3 is 0 Å². The van der Waals surface area contributed by atoms with Crippen molar-refractivity contribution in [3.63, 3.8) is 0 Å². The first kappa shape index (κ1) is 24.8. The highest BCUT2D eigenvalue weighted by Crippen LogP contribution is 2.30. The molecule has 2 aromatic carbocycles. The van der Waals surface area contributed by atoms with E-state index in [1.165, 1.54) is 7.11 Å². The Bertz CT molecular complexity index is 1040. The van der Waals surface area contributed by atoms with Crippen molar-refractivity contribution in [1.82, 2.24) is 10.2 Å². The van der Waals surface area contributed by atoms with E-state index in [1.807, 2.05) is 36.9 Å². The second kappa shape index (κ2) is 11.3. The maximum absolute atomic E-state index is 12.6. The minimum absolute atomic E-state index is 0.162. The van der Waals surface area contributed by atoms with Crippen molar-refractivity contribution in [3.8, 4) is 5.75 Å². The number of piperazine rings is 1. The molecule has 2 N–H and O–H groups in total. The molecular weight excluding hydrogens is 460 g/mol. The number of nitrogens with one attached hydrogen (secondary N) is 2. The molecule has 3 rings (SSSR count). The summed E-state index contributed by atoms with van der Waals surface area (Å²) in [6.07, 6.45) is 1.45. The number of thiocarbonyl (C=S) groups is 1. The summed E-state index contributed by atoms with van der Waals surface area (Å²) in [7, 11) is 1.53. The minimum Gasteiger partial charge on any atom is -0.496 e. The van der Waals surface area contributed by atoms with Gasteiger partial charge in [-0.1, -0.05) is 30.7 Å². The van der Waals surface area contributed by atoms with E-state index in [0.29, 0.717) is 41.5 Å². The number of hydrogen-bond donors (Lipinski definition) is 2. The van der Waals surface area contributed by atoms with E-state index in [-0.39, 0.29) is 16.9 Å². The lowest BCUT2D eigenvalue weighted by Crippen LogP contribution is -2.48. The summed E-state index contributed by atoms with van der Waals surface area (Å²) < 4.78 is 5.35. The van der Waals surface area contributed by atoms with Crippen LogP contribution in [0.25, 0.3) is 0 Å². The van der Waals surface area contributed by atoms with E-state index in [2.05, 4.69) is 15.5 Å². The molecule has 0 atom stereocenters. The van der Waals surface area contributed by atoms with Gasteiger partial charge in [0.25, 0.3) is 5.91 Å². The molecule has 0 radical (unpaired) electrons. The molecule has 33 heavy (non-hydrogen) atoms. The van der Waals surface area contributed by atoms with Crippen molar-refractivity contribution in [2.24, 2.45) is 0 Å². The van der Waals surface area contributed by atoms with Crippen molar-refractivity contribution in [2.45, 2.75) is 26.7 Å². The Hall–Kier alpha value is -2.84. The van der Waals surface area contributed by atoms with E-state index in [4.69, 9.17) is 28.6 Å². The van der Waals surface area contributed by atoms with Gasteiger partial charge < -0.3 is 19.9 Å². The molecule has 1 aliphatic heterocycles. The molecule has 0 aromatic heterocycles. The van der Waals surface area contributed by atoms with E-state index < -0.39 is 0 Å². The normalized spacial score (nSPS) is 13.5. The summed E-state index contributed by atoms with van der Waals surface area (Å²) in [5, 5.41) is 6.42. The Morgan fingerprint density at radius 2 is 1.88 bits per heavy atom. The van der Waals surface area contributed by atoms with Gasteiger partial charge in [-0.2, -0.15) is 0 Å². The Kier molecular flexibility index (Phi) is 8.52. The smallest absolute Gasteiger partial charge is 0.261 e. The van der Waals surface area contributed by atoms with Crippen molar-refractivity contribution in [2.75, 3.05) is 43.5 Å². The first-order chi connectivity index (χ1) is 15.8. The fourth-order valence-corrected chi connectivity index (χ4v) is 4.36. The number of para-hydroxylation sites is 1. The van der Waals surface area contributed by atoms with Crippen LogP contribution in [0, 0.1) is 6.92 Å². The largest absolute Gasteiger partial charge is 0.496 e. The lowest BCUT2D eigenvalue weighted by atomic mass is 10.1. The third-order valence-corrected chi connectivity index (χ3v) is 6.04. The number of halogens is 1. The first-order valence-electron chi connectivity index (χ1n) is 10.9. The van der Waals surface area contributed by atoms with E-state index in [9.17, 15) is 9.59 Å². The Labute approximate surface area is 205 Å². The lowest BCUT2D eigenvalue weighted by Gasteiger charge is -2.36. The summed E-state index contributed by atoms with van der Waals surface area (Å²) >= 11 is 11.9. The van der Waals surface area contributed by atoms with Crippen molar-refractivity contribution >= 4 is 52.1 Å². The third kappa shape index (κ3) is 6.15. The van der Waals surface area contributed by atoms with Crippen LogP contribution in [0.15, 0.2) is 36.4 Å². The molecule has 2 aromatic rings. The molecule has 1 aliphatic rings. The van der Waals surface area contributed by atoms with Crippen LogP contribution in [-0.2, 0) is 4.79 Å². The molecular formula is C24H29ClN4O3S. The minimum atomic E-state index is -0.355. The van der Waals surface area contributed by atoms with Gasteiger partial charge in [-0.25, -0.2) is 0 Å². The summed E-state index contributed by atoms with van der Waals surface area (Å²) in [4.78, 5) is 28.8. The number of anilines is 2. The second-order valence-corrected chi connectivity index (χ2v) is 8.66. The van der Waals surface area contributed by atoms with Crippen LogP contribution in [0.4, 0.5) is 11.4 Å². The summed E-state index contributed by atoms with van der Waals surface area (Å²) in [5.74, 6) is 0.370. The SMILES string of the molecule is CCCC(=O)N1CCN(c2ccc(NC(=S)NC(=O)c3cccc(C)c3OC)cc2Cl)CC1. The average Bonchev–Trinajstić information content (AvgIpc) is 2.79. The van der Waals surface area contributed by atoms with Gasteiger partial charge in [0.15, 0.2) is 5.11 Å². The number of aryl methyl sites for hydroxylation is 1. The molecule has 0 unspecified atom stereocenters. The highest BCUT2D eigenvalue weighted by molar-refractivity contribution is 7.80. The van der Waals surface area contributed by atoms with E-state index in [0.717, 1.165) is 30.8 Å². The second-order valence-electron chi connectivity index (χ2n) is 7.85. The predicted octanol–water partition coefficient (Wildman–Crippen LogP) is 4.23. The van der Waals surface area contributed by atoms with Crippen LogP contribution in [-0.4, -0.2) is 55.1 Å². The van der Waals surface area contributed by atoms with Crippen molar-refractivity contribution < 1.29 is 14.3 Å². The van der Waals surface area contributed by atoms with Crippen molar-refractivity contribution in [1.29, 1.82) is 0 Å². The van der Waals surface area contributed by atoms with Crippen LogP contribution in [0.1, 0.15) is 35.7 Å². The van der Waals surface area contributed by atoms with Gasteiger partial charge in [0.1, 0.15) is 5.75 Å². The van der Waals surface area contributed by atoms with Gasteiger partial charge in [-0.15, -0.1) is 0 Å². The van der Waals surface area contributed by atoms with Crippen LogP contribution in [0.3, 0.4) is 0 Å². The Balaban J connectivity index is 1.59. The molecule has 176 valence electrons. The van der Waals surface area contributed by atoms with E-state index in [1.54, 1.807) is 18.2 Å². The summed E-state index contributed by atoms with van der Waals surface area (Å²) in [5.41, 5.74) is 2.85. The molecule has 0 saturated carbocycles. The van der Waals surface area contributed by atoms with Gasteiger partial charge in [0, 0.05) is 38.3 Å². The number of ether oxygens (including phenoxy) is 1. The zero-order chi connectivity index (χ0) is 24.0. The van der Waals surface area contributed by atoms with Crippen LogP contribution < -0.4 is 20.3 Å². The molecule has 0 aliphatic carbocycles. The monoisotopic (exact) mass is 488 g/mol. The highest BCUT2D eigenvalue weighted by Gasteiger charge is 2.22. The summed E-state index contributed by atoms with van der Waals surface area (Å²) in [6.45, 7) is 6.73. The number of hydrogen-bond acceptors (Lipinski definition) is 5. The fourth-order valence-electron chi connectivity index (χ4n) is 3.84. The molecule has 2 amide bonds. The van der Waals surface area contributed by atoms with Gasteiger partial charge in [0.05, 0.1) is 23.4 Å². The third-order valence-electron chi connectivity index (χ3n) is 5.53. The van der Waals surface area contributed by atoms with E-state index >= 15 is 0 Å². The van der Waals surface area contributed by atoms with Crippen LogP contribution in [0.5, 0.6) is 5.75 Å². The zero-order valence-electron chi connectivity index (χ0n) is 19.1. The molecule has 7 nitrogen and oxygen atoms in total. The maximum atomic E-state index is 12.6. The van der Waals surface area contributed by atoms with Gasteiger partial charge in [-0.3, -0.25) is 14.9 Å². The fraction of sp³-hybridized carbons (Fsp3) is 0.375. The zero-order valence-corrected chi connectivity index (χ0v) is 20.7. The lowest BCUT2D eigenvalue weighted by molar-refractivity contribution is -0.131. The Morgan fingerprint density at radius 1 is 1.15 bits per heavy atom. The standard InChI is InChI=1S/C24H29ClN4O3S/c1-4-6-21(30)29-13-11-28(12-14-29)20-10-9-17(15-19(20)25)26-24(33)27-23(31)18-8-5-7-16(2)22(18)32-3/h5,7-10,15H,4,6,11-14H2,1-3H3,(H2,26,27,31,33). The maximum Gasteiger partial charge on any atom is 0.261 e. The molecule has 1 fully saturated rings. The molecule has 0 bridgehead atoms. The number of carbonyl (C=O) groups is 2. The number of methoxy groups -OCH3 is 1. The molecule has 1 heterocycles. The molecule has 0 spiro atoms. The average molecular weight is 489 g/mol. The number of amides is 2. The van der Waals surface area contributed by atoms with Gasteiger partial charge in [0.2, 0.25) is 5.91 Å². The van der Waals surface area contributed by atoms with Crippen LogP contribution >= 0.6 is 23.8 Å². The Morgan fingerprint density at radius 3 is 2.52 bits per heavy atom. The molecule has 9 heteroatoms. The highest BCUT2D eigenvalue weighted by atomic mass is 35.5. The number of carbonyl (C=O) groups excluding carboxylic acids is 2. The number of benzene rings is 2.